The molecule has 0 aliphatic carbocycles. The lowest BCUT2D eigenvalue weighted by molar-refractivity contribution is 0.160. The molecule has 0 saturated heterocycles. The Labute approximate surface area is 211 Å². The summed E-state index contributed by atoms with van der Waals surface area (Å²) in [6.45, 7) is 4.24. The number of benzene rings is 3. The van der Waals surface area contributed by atoms with E-state index in [1.165, 1.54) is 5.56 Å². The number of methoxy groups -OCH3 is 2. The van der Waals surface area contributed by atoms with Crippen molar-refractivity contribution < 1.29 is 23.7 Å². The van der Waals surface area contributed by atoms with Gasteiger partial charge in [-0.2, -0.15) is 0 Å². The summed E-state index contributed by atoms with van der Waals surface area (Å²) in [6.07, 6.45) is 2.84. The van der Waals surface area contributed by atoms with Crippen LogP contribution in [-0.2, 0) is 11.2 Å². The van der Waals surface area contributed by atoms with E-state index in [9.17, 15) is 4.79 Å². The van der Waals surface area contributed by atoms with Gasteiger partial charge in [0.1, 0.15) is 11.5 Å². The van der Waals surface area contributed by atoms with Gasteiger partial charge in [-0.15, -0.1) is 0 Å². The molecule has 0 radical (unpaired) electrons. The molecule has 186 valence electrons. The highest BCUT2D eigenvalue weighted by atomic mass is 16.5. The summed E-state index contributed by atoms with van der Waals surface area (Å²) in [5, 5.41) is 3.64. The van der Waals surface area contributed by atoms with Crippen LogP contribution in [0.5, 0.6) is 23.0 Å². The lowest BCUT2D eigenvalue weighted by atomic mass is 10.1. The molecule has 7 heteroatoms. The third-order valence-corrected chi connectivity index (χ3v) is 6.09. The lowest BCUT2D eigenvalue weighted by Crippen LogP contribution is -2.15. The zero-order valence-corrected chi connectivity index (χ0v) is 21.0. The van der Waals surface area contributed by atoms with Crippen molar-refractivity contribution in [2.24, 2.45) is 0 Å². The Kier molecular flexibility index (Phi) is 7.90. The minimum Gasteiger partial charge on any atom is -0.493 e. The van der Waals surface area contributed by atoms with E-state index >= 15 is 0 Å². The number of carbonyl (C=O) groups excluding carboxylic acids is 1. The molecule has 36 heavy (non-hydrogen) atoms. The van der Waals surface area contributed by atoms with E-state index in [2.05, 4.69) is 22.4 Å². The van der Waals surface area contributed by atoms with Gasteiger partial charge in [0.2, 0.25) is 0 Å². The van der Waals surface area contributed by atoms with Crippen molar-refractivity contribution in [3.05, 3.63) is 83.6 Å². The number of amides is 1. The Morgan fingerprint density at radius 3 is 2.36 bits per heavy atom. The summed E-state index contributed by atoms with van der Waals surface area (Å²) in [5.74, 6) is 2.51. The Morgan fingerprint density at radius 2 is 1.61 bits per heavy atom. The van der Waals surface area contributed by atoms with E-state index in [1.807, 2.05) is 62.4 Å². The fraction of sp³-hybridized carbons (Fsp3) is 0.241. The van der Waals surface area contributed by atoms with Gasteiger partial charge in [-0.25, -0.2) is 4.79 Å². The summed E-state index contributed by atoms with van der Waals surface area (Å²) in [6, 6.07) is 19.3. The van der Waals surface area contributed by atoms with Crippen LogP contribution in [0, 0.1) is 13.8 Å². The first-order valence-electron chi connectivity index (χ1n) is 11.8. The maximum atomic E-state index is 12.3. The third-order valence-electron chi connectivity index (χ3n) is 6.09. The van der Waals surface area contributed by atoms with E-state index in [0.29, 0.717) is 35.3 Å². The van der Waals surface area contributed by atoms with Gasteiger partial charge < -0.3 is 18.9 Å². The standard InChI is InChI=1S/C29H30N2O5/c1-19-20(2)25(36-26-14-15-30-24-18-28(34-4)27(33-3)17-22(24)26)13-12-23(19)31-29(32)35-16-8-11-21-9-6-5-7-10-21/h5-7,9-10,12-15,17-18H,8,11,16H2,1-4H3,(H,31,32). The molecule has 4 aromatic rings. The van der Waals surface area contributed by atoms with Gasteiger partial charge in [-0.3, -0.25) is 10.3 Å². The number of aryl methyl sites for hydroxylation is 1. The van der Waals surface area contributed by atoms with Gasteiger partial charge in [0, 0.05) is 23.3 Å². The monoisotopic (exact) mass is 486 g/mol. The predicted molar refractivity (Wildman–Crippen MR) is 141 cm³/mol. The van der Waals surface area contributed by atoms with Crippen LogP contribution >= 0.6 is 0 Å². The van der Waals surface area contributed by atoms with Crippen LogP contribution in [0.4, 0.5) is 10.5 Å². The topological polar surface area (TPSA) is 78.9 Å². The van der Waals surface area contributed by atoms with Crippen LogP contribution in [-0.4, -0.2) is 31.9 Å². The number of carbonyl (C=O) groups is 1. The fourth-order valence-corrected chi connectivity index (χ4v) is 3.93. The lowest BCUT2D eigenvalue weighted by Gasteiger charge is -2.16. The number of aromatic nitrogens is 1. The molecular formula is C29H30N2O5. The summed E-state index contributed by atoms with van der Waals surface area (Å²) in [5.41, 5.74) is 4.43. The average Bonchev–Trinajstić information content (AvgIpc) is 2.90. The molecule has 0 atom stereocenters. The number of ether oxygens (including phenoxy) is 4. The first kappa shape index (κ1) is 24.9. The molecule has 0 aliphatic heterocycles. The third kappa shape index (κ3) is 5.68. The highest BCUT2D eigenvalue weighted by Crippen LogP contribution is 2.38. The molecule has 1 N–H and O–H groups in total. The van der Waals surface area contributed by atoms with Crippen molar-refractivity contribution in [2.45, 2.75) is 26.7 Å². The minimum absolute atomic E-state index is 0.351. The molecule has 1 aromatic heterocycles. The summed E-state index contributed by atoms with van der Waals surface area (Å²) < 4.78 is 22.5. The number of anilines is 1. The van der Waals surface area contributed by atoms with Crippen molar-refractivity contribution in [2.75, 3.05) is 26.1 Å². The van der Waals surface area contributed by atoms with E-state index < -0.39 is 6.09 Å². The SMILES string of the molecule is COc1cc2nccc(Oc3ccc(NC(=O)OCCCc4ccccc4)c(C)c3C)c2cc1OC. The van der Waals surface area contributed by atoms with Crippen molar-refractivity contribution in [1.29, 1.82) is 0 Å². The van der Waals surface area contributed by atoms with E-state index in [4.69, 9.17) is 18.9 Å². The van der Waals surface area contributed by atoms with Gasteiger partial charge in [-0.05, 0) is 67.6 Å². The second-order valence-electron chi connectivity index (χ2n) is 8.35. The highest BCUT2D eigenvalue weighted by molar-refractivity contribution is 5.89. The largest absolute Gasteiger partial charge is 0.493 e. The van der Waals surface area contributed by atoms with Crippen LogP contribution in [0.25, 0.3) is 10.9 Å². The molecule has 0 bridgehead atoms. The second-order valence-corrected chi connectivity index (χ2v) is 8.35. The molecule has 7 nitrogen and oxygen atoms in total. The Bertz CT molecular complexity index is 1360. The normalized spacial score (nSPS) is 10.7. The Hall–Kier alpha value is -4.26. The molecule has 0 spiro atoms. The van der Waals surface area contributed by atoms with Crippen molar-refractivity contribution in [1.82, 2.24) is 4.98 Å². The van der Waals surface area contributed by atoms with Gasteiger partial charge >= 0.3 is 6.09 Å². The van der Waals surface area contributed by atoms with Gasteiger partial charge in [0.15, 0.2) is 11.5 Å². The molecule has 1 amide bonds. The number of pyridine rings is 1. The van der Waals surface area contributed by atoms with E-state index in [1.54, 1.807) is 20.4 Å². The van der Waals surface area contributed by atoms with Crippen molar-refractivity contribution >= 4 is 22.7 Å². The second kappa shape index (κ2) is 11.4. The van der Waals surface area contributed by atoms with E-state index in [0.717, 1.165) is 34.9 Å². The van der Waals surface area contributed by atoms with Crippen LogP contribution in [0.1, 0.15) is 23.1 Å². The molecule has 0 fully saturated rings. The van der Waals surface area contributed by atoms with E-state index in [-0.39, 0.29) is 0 Å². The summed E-state index contributed by atoms with van der Waals surface area (Å²) in [7, 11) is 3.18. The molecule has 0 aliphatic rings. The zero-order chi connectivity index (χ0) is 25.5. The molecule has 4 rings (SSSR count). The number of fused-ring (bicyclic) bond motifs is 1. The van der Waals surface area contributed by atoms with Crippen LogP contribution in [0.2, 0.25) is 0 Å². The van der Waals surface area contributed by atoms with Gasteiger partial charge in [0.05, 0.1) is 26.3 Å². The van der Waals surface area contributed by atoms with Crippen LogP contribution in [0.3, 0.4) is 0 Å². The summed E-state index contributed by atoms with van der Waals surface area (Å²) >= 11 is 0. The van der Waals surface area contributed by atoms with Crippen molar-refractivity contribution in [3.63, 3.8) is 0 Å². The maximum Gasteiger partial charge on any atom is 0.411 e. The first-order valence-corrected chi connectivity index (χ1v) is 11.8. The average molecular weight is 487 g/mol. The number of hydrogen-bond donors (Lipinski definition) is 1. The van der Waals surface area contributed by atoms with Crippen molar-refractivity contribution in [3.8, 4) is 23.0 Å². The minimum atomic E-state index is -0.472. The number of nitrogens with one attached hydrogen (secondary N) is 1. The predicted octanol–water partition coefficient (Wildman–Crippen LogP) is 6.84. The fourth-order valence-electron chi connectivity index (χ4n) is 3.93. The van der Waals surface area contributed by atoms with Gasteiger partial charge in [0.25, 0.3) is 0 Å². The smallest absolute Gasteiger partial charge is 0.411 e. The number of rotatable bonds is 9. The molecule has 3 aromatic carbocycles. The molecule has 0 saturated carbocycles. The zero-order valence-electron chi connectivity index (χ0n) is 21.0. The Balaban J connectivity index is 1.43. The van der Waals surface area contributed by atoms with Gasteiger partial charge in [-0.1, -0.05) is 30.3 Å². The Morgan fingerprint density at radius 1 is 0.861 bits per heavy atom. The molecule has 1 heterocycles. The summed E-state index contributed by atoms with van der Waals surface area (Å²) in [4.78, 5) is 16.8. The number of nitrogens with zero attached hydrogens (tertiary/aromatic N) is 1. The van der Waals surface area contributed by atoms with Crippen LogP contribution < -0.4 is 19.5 Å². The maximum absolute atomic E-state index is 12.3. The highest BCUT2D eigenvalue weighted by Gasteiger charge is 2.15. The van der Waals surface area contributed by atoms with Crippen LogP contribution in [0.15, 0.2) is 66.9 Å². The molecule has 0 unspecified atom stereocenters. The quantitative estimate of drug-likeness (QED) is 0.261. The first-order chi connectivity index (χ1) is 17.5. The number of hydrogen-bond acceptors (Lipinski definition) is 6. The molecular weight excluding hydrogens is 456 g/mol.